The fourth-order valence-electron chi connectivity index (χ4n) is 3.49. The van der Waals surface area contributed by atoms with Gasteiger partial charge in [-0.25, -0.2) is 4.68 Å². The van der Waals surface area contributed by atoms with E-state index >= 15 is 0 Å². The van der Waals surface area contributed by atoms with Crippen molar-refractivity contribution in [3.8, 4) is 16.3 Å². The number of amides is 3. The highest BCUT2D eigenvalue weighted by molar-refractivity contribution is 7.13. The average Bonchev–Trinajstić information content (AvgIpc) is 3.53. The largest absolute Gasteiger partial charge is 0.322 e. The van der Waals surface area contributed by atoms with E-state index in [4.69, 9.17) is 5.10 Å². The molecule has 3 amide bonds. The maximum Gasteiger partial charge on any atom is 0.261 e. The van der Waals surface area contributed by atoms with Crippen molar-refractivity contribution in [1.82, 2.24) is 15.1 Å². The van der Waals surface area contributed by atoms with Gasteiger partial charge in [0.05, 0.1) is 27.4 Å². The molecule has 8 heteroatoms. The first-order valence-corrected chi connectivity index (χ1v) is 10.6. The fraction of sp³-hybridized carbons (Fsp3) is 0. The van der Waals surface area contributed by atoms with Crippen LogP contribution in [0, 0.1) is 0 Å². The molecular weight excluding hydrogens is 424 g/mol. The van der Waals surface area contributed by atoms with Crippen molar-refractivity contribution in [2.45, 2.75) is 0 Å². The third kappa shape index (κ3) is 3.63. The predicted octanol–water partition coefficient (Wildman–Crippen LogP) is 4.14. The molecule has 0 atom stereocenters. The maximum absolute atomic E-state index is 12.6. The van der Waals surface area contributed by atoms with E-state index in [0.29, 0.717) is 5.69 Å². The van der Waals surface area contributed by atoms with Gasteiger partial charge in [-0.1, -0.05) is 30.3 Å². The van der Waals surface area contributed by atoms with E-state index in [2.05, 4.69) is 10.6 Å². The van der Waals surface area contributed by atoms with Gasteiger partial charge in [0, 0.05) is 17.8 Å². The van der Waals surface area contributed by atoms with E-state index in [9.17, 15) is 14.4 Å². The Morgan fingerprint density at radius 1 is 1.00 bits per heavy atom. The van der Waals surface area contributed by atoms with Crippen molar-refractivity contribution in [3.63, 3.8) is 0 Å². The summed E-state index contributed by atoms with van der Waals surface area (Å²) in [5.41, 5.74) is 3.16. The third-order valence-corrected chi connectivity index (χ3v) is 5.83. The quantitative estimate of drug-likeness (QED) is 0.360. The number of para-hydroxylation sites is 1. The first-order valence-electron chi connectivity index (χ1n) is 9.77. The highest BCUT2D eigenvalue weighted by Crippen LogP contribution is 2.29. The zero-order chi connectivity index (χ0) is 22.1. The van der Waals surface area contributed by atoms with Gasteiger partial charge >= 0.3 is 0 Å². The van der Waals surface area contributed by atoms with Crippen LogP contribution in [0.5, 0.6) is 0 Å². The predicted molar refractivity (Wildman–Crippen MR) is 123 cm³/mol. The number of imide groups is 1. The molecule has 0 bridgehead atoms. The highest BCUT2D eigenvalue weighted by atomic mass is 32.1. The Bertz CT molecular complexity index is 1370. The Morgan fingerprint density at radius 2 is 1.84 bits per heavy atom. The van der Waals surface area contributed by atoms with Crippen LogP contribution in [0.1, 0.15) is 26.3 Å². The summed E-state index contributed by atoms with van der Waals surface area (Å²) in [6, 6.07) is 18.4. The molecule has 7 nitrogen and oxygen atoms in total. The molecule has 2 aromatic heterocycles. The van der Waals surface area contributed by atoms with E-state index in [-0.39, 0.29) is 11.1 Å². The zero-order valence-corrected chi connectivity index (χ0v) is 17.4. The molecule has 1 aliphatic heterocycles. The van der Waals surface area contributed by atoms with E-state index in [1.807, 2.05) is 54.0 Å². The van der Waals surface area contributed by atoms with Crippen LogP contribution in [0.2, 0.25) is 0 Å². The minimum Gasteiger partial charge on any atom is -0.322 e. The summed E-state index contributed by atoms with van der Waals surface area (Å²) < 4.78 is 1.77. The number of carbonyl (C=O) groups is 3. The summed E-state index contributed by atoms with van der Waals surface area (Å²) in [4.78, 5) is 37.5. The van der Waals surface area contributed by atoms with Crippen molar-refractivity contribution in [2.24, 2.45) is 0 Å². The molecule has 2 N–H and O–H groups in total. The molecule has 0 saturated carbocycles. The van der Waals surface area contributed by atoms with Gasteiger partial charge in [-0.15, -0.1) is 11.3 Å². The van der Waals surface area contributed by atoms with Crippen LogP contribution in [0.25, 0.3) is 22.3 Å². The molecular formula is C24H16N4O3S. The second kappa shape index (κ2) is 8.09. The summed E-state index contributed by atoms with van der Waals surface area (Å²) >= 11 is 1.56. The Kier molecular flexibility index (Phi) is 4.97. The number of nitrogens with zero attached hydrogens (tertiary/aromatic N) is 2. The summed E-state index contributed by atoms with van der Waals surface area (Å²) in [5.74, 6) is -1.41. The van der Waals surface area contributed by atoms with E-state index in [0.717, 1.165) is 21.8 Å². The minimum absolute atomic E-state index is 0.176. The summed E-state index contributed by atoms with van der Waals surface area (Å²) in [5, 5.41) is 11.6. The van der Waals surface area contributed by atoms with Gasteiger partial charge in [0.1, 0.15) is 5.69 Å². The Hall–Kier alpha value is -4.30. The maximum atomic E-state index is 12.6. The number of rotatable bonds is 5. The molecule has 1 aliphatic rings. The molecule has 156 valence electrons. The molecule has 2 aromatic carbocycles. The Balaban J connectivity index is 1.44. The molecule has 32 heavy (non-hydrogen) atoms. The van der Waals surface area contributed by atoms with Crippen molar-refractivity contribution in [2.75, 3.05) is 5.32 Å². The number of hydrogen-bond donors (Lipinski definition) is 2. The van der Waals surface area contributed by atoms with Crippen LogP contribution in [0.15, 0.2) is 78.3 Å². The molecule has 3 heterocycles. The summed E-state index contributed by atoms with van der Waals surface area (Å²) in [6.07, 6.45) is 4.93. The number of aromatic nitrogens is 2. The van der Waals surface area contributed by atoms with Gasteiger partial charge in [0.2, 0.25) is 5.91 Å². The lowest BCUT2D eigenvalue weighted by Gasteiger charge is -2.05. The number of benzene rings is 2. The third-order valence-electron chi connectivity index (χ3n) is 4.95. The van der Waals surface area contributed by atoms with E-state index in [1.54, 1.807) is 40.3 Å². The topological polar surface area (TPSA) is 93.1 Å². The molecule has 4 aromatic rings. The van der Waals surface area contributed by atoms with Crippen LogP contribution in [0.4, 0.5) is 5.69 Å². The number of carbonyl (C=O) groups excluding carboxylic acids is 3. The molecule has 0 spiro atoms. The van der Waals surface area contributed by atoms with E-state index < -0.39 is 17.7 Å². The average molecular weight is 440 g/mol. The smallest absolute Gasteiger partial charge is 0.261 e. The van der Waals surface area contributed by atoms with Crippen LogP contribution in [-0.4, -0.2) is 27.5 Å². The summed E-state index contributed by atoms with van der Waals surface area (Å²) in [6.45, 7) is 0. The van der Waals surface area contributed by atoms with Gasteiger partial charge in [-0.2, -0.15) is 5.10 Å². The van der Waals surface area contributed by atoms with Crippen molar-refractivity contribution in [3.05, 3.63) is 95.0 Å². The molecule has 5 rings (SSSR count). The van der Waals surface area contributed by atoms with Crippen molar-refractivity contribution >= 4 is 40.8 Å². The van der Waals surface area contributed by atoms with Gasteiger partial charge in [0.15, 0.2) is 0 Å². The van der Waals surface area contributed by atoms with Gasteiger partial charge < -0.3 is 5.32 Å². The Labute approximate surface area is 187 Å². The fourth-order valence-corrected chi connectivity index (χ4v) is 4.22. The van der Waals surface area contributed by atoms with E-state index in [1.165, 1.54) is 6.08 Å². The zero-order valence-electron chi connectivity index (χ0n) is 16.6. The standard InChI is InChI=1S/C24H16N4O3S/c29-20(25-18-9-4-8-17-21(18)24(31)26-23(17)30)12-11-15-14-28(16-6-2-1-3-7-16)27-22(15)19-10-5-13-32-19/h1-14H,(H,25,29)(H,26,30,31)/b12-11+. The first kappa shape index (κ1) is 19.7. The van der Waals surface area contributed by atoms with Crippen molar-refractivity contribution in [1.29, 1.82) is 0 Å². The second-order valence-corrected chi connectivity index (χ2v) is 7.97. The molecule has 0 radical (unpaired) electrons. The molecule has 0 fully saturated rings. The number of hydrogen-bond acceptors (Lipinski definition) is 5. The van der Waals surface area contributed by atoms with Crippen LogP contribution in [0.3, 0.4) is 0 Å². The van der Waals surface area contributed by atoms with Gasteiger partial charge in [-0.05, 0) is 41.8 Å². The van der Waals surface area contributed by atoms with Crippen LogP contribution >= 0.6 is 11.3 Å². The lowest BCUT2D eigenvalue weighted by Crippen LogP contribution is -2.20. The number of thiophene rings is 1. The van der Waals surface area contributed by atoms with Gasteiger partial charge in [-0.3, -0.25) is 19.7 Å². The van der Waals surface area contributed by atoms with Gasteiger partial charge in [0.25, 0.3) is 11.8 Å². The minimum atomic E-state index is -0.519. The number of nitrogens with one attached hydrogen (secondary N) is 2. The molecule has 0 saturated heterocycles. The summed E-state index contributed by atoms with van der Waals surface area (Å²) in [7, 11) is 0. The highest BCUT2D eigenvalue weighted by Gasteiger charge is 2.29. The number of fused-ring (bicyclic) bond motifs is 1. The SMILES string of the molecule is O=C(/C=C/c1cn(-c2ccccc2)nc1-c1cccs1)Nc1cccc2c1C(=O)NC2=O. The monoisotopic (exact) mass is 440 g/mol. The lowest BCUT2D eigenvalue weighted by molar-refractivity contribution is -0.111. The lowest BCUT2D eigenvalue weighted by atomic mass is 10.1. The molecule has 0 unspecified atom stereocenters. The Morgan fingerprint density at radius 3 is 2.62 bits per heavy atom. The first-order chi connectivity index (χ1) is 15.6. The second-order valence-electron chi connectivity index (χ2n) is 7.02. The van der Waals surface area contributed by atoms with Crippen LogP contribution in [-0.2, 0) is 4.79 Å². The molecule has 0 aliphatic carbocycles. The number of anilines is 1. The normalized spacial score (nSPS) is 12.8. The van der Waals surface area contributed by atoms with Crippen molar-refractivity contribution < 1.29 is 14.4 Å². The van der Waals surface area contributed by atoms with Crippen LogP contribution < -0.4 is 10.6 Å².